The summed E-state index contributed by atoms with van der Waals surface area (Å²) in [5.41, 5.74) is 11.3. The van der Waals surface area contributed by atoms with Crippen LogP contribution in [0.2, 0.25) is 0 Å². The fraction of sp³-hybridized carbons (Fsp3) is 0.909. The van der Waals surface area contributed by atoms with Crippen LogP contribution < -0.4 is 11.5 Å². The van der Waals surface area contributed by atoms with Crippen LogP contribution in [-0.2, 0) is 0 Å². The molecule has 0 spiro atoms. The fourth-order valence-electron chi connectivity index (χ4n) is 8.08. The van der Waals surface area contributed by atoms with Crippen LogP contribution in [0.25, 0.3) is 0 Å². The summed E-state index contributed by atoms with van der Waals surface area (Å²) in [6, 6.07) is 0. The molecular weight excluding hydrogens is 352 g/mol. The molecule has 6 heteroatoms. The Hall–Kier alpha value is -1.14. The lowest BCUT2D eigenvalue weighted by Crippen LogP contribution is -2.62. The molecule has 0 aliphatic heterocycles. The Kier molecular flexibility index (Phi) is 4.82. The molecule has 6 N–H and O–H groups in total. The van der Waals surface area contributed by atoms with E-state index in [1.165, 1.54) is 6.42 Å². The molecular formula is C22H38N4O2. The van der Waals surface area contributed by atoms with Crippen molar-refractivity contribution in [2.75, 3.05) is 0 Å². The van der Waals surface area contributed by atoms with E-state index in [-0.39, 0.29) is 28.8 Å². The lowest BCUT2D eigenvalue weighted by Gasteiger charge is -2.63. The van der Waals surface area contributed by atoms with E-state index >= 15 is 0 Å². The number of nitrogens with zero attached hydrogens (tertiary/aromatic N) is 2. The zero-order valence-corrected chi connectivity index (χ0v) is 17.7. The first-order valence-electron chi connectivity index (χ1n) is 11.2. The molecule has 0 radical (unpaired) electrons. The van der Waals surface area contributed by atoms with Crippen molar-refractivity contribution in [2.24, 2.45) is 56.2 Å². The lowest BCUT2D eigenvalue weighted by atomic mass is 9.43. The minimum atomic E-state index is -0.640. The summed E-state index contributed by atoms with van der Waals surface area (Å²) in [6.45, 7) is 6.72. The average Bonchev–Trinajstić information content (AvgIpc) is 2.92. The number of hydrogen-bond donors (Lipinski definition) is 4. The van der Waals surface area contributed by atoms with E-state index in [0.717, 1.165) is 57.1 Å². The molecule has 0 aromatic heterocycles. The van der Waals surface area contributed by atoms with Crippen LogP contribution in [0.1, 0.15) is 78.6 Å². The summed E-state index contributed by atoms with van der Waals surface area (Å²) < 4.78 is 0. The number of nitrogens with two attached hydrogens (primary N) is 2. The van der Waals surface area contributed by atoms with Crippen molar-refractivity contribution in [2.45, 2.75) is 90.3 Å². The predicted octanol–water partition coefficient (Wildman–Crippen LogP) is 2.77. The topological polar surface area (TPSA) is 117 Å². The van der Waals surface area contributed by atoms with Crippen molar-refractivity contribution in [3.63, 3.8) is 0 Å². The van der Waals surface area contributed by atoms with Gasteiger partial charge in [0.1, 0.15) is 0 Å². The molecule has 6 nitrogen and oxygen atoms in total. The number of fused-ring (bicyclic) bond motifs is 5. The van der Waals surface area contributed by atoms with Gasteiger partial charge in [0.15, 0.2) is 0 Å². The molecule has 4 aliphatic carbocycles. The van der Waals surface area contributed by atoms with E-state index in [9.17, 15) is 10.2 Å². The summed E-state index contributed by atoms with van der Waals surface area (Å²) in [4.78, 5) is 0. The molecule has 4 aliphatic rings. The average molecular weight is 391 g/mol. The van der Waals surface area contributed by atoms with Crippen molar-refractivity contribution >= 4 is 11.7 Å². The van der Waals surface area contributed by atoms with E-state index in [1.54, 1.807) is 0 Å². The van der Waals surface area contributed by atoms with Crippen LogP contribution in [0.5, 0.6) is 0 Å². The smallest absolute Gasteiger partial charge is 0.211 e. The minimum Gasteiger partial charge on any atom is -0.393 e. The van der Waals surface area contributed by atoms with Gasteiger partial charge in [0.2, 0.25) is 5.96 Å². The molecule has 4 saturated carbocycles. The van der Waals surface area contributed by atoms with Crippen LogP contribution in [0, 0.1) is 34.5 Å². The normalized spacial score (nSPS) is 51.0. The van der Waals surface area contributed by atoms with Gasteiger partial charge in [-0.1, -0.05) is 13.8 Å². The maximum absolute atomic E-state index is 12.1. The summed E-state index contributed by atoms with van der Waals surface area (Å²) >= 11 is 0. The van der Waals surface area contributed by atoms with E-state index in [2.05, 4.69) is 24.1 Å². The third-order valence-corrected chi connectivity index (χ3v) is 9.65. The Morgan fingerprint density at radius 1 is 0.929 bits per heavy atom. The second-order valence-electron chi connectivity index (χ2n) is 10.7. The van der Waals surface area contributed by atoms with Gasteiger partial charge in [-0.2, -0.15) is 5.10 Å². The molecule has 0 aromatic rings. The van der Waals surface area contributed by atoms with Crippen molar-refractivity contribution < 1.29 is 10.2 Å². The summed E-state index contributed by atoms with van der Waals surface area (Å²) in [6.07, 6.45) is 9.03. The maximum Gasteiger partial charge on any atom is 0.211 e. The molecule has 4 rings (SSSR count). The van der Waals surface area contributed by atoms with Gasteiger partial charge in [-0.25, -0.2) is 0 Å². The van der Waals surface area contributed by atoms with Gasteiger partial charge in [-0.3, -0.25) is 0 Å². The molecule has 0 saturated heterocycles. The number of hydrogen-bond acceptors (Lipinski definition) is 4. The van der Waals surface area contributed by atoms with Gasteiger partial charge in [-0.15, -0.1) is 5.10 Å². The van der Waals surface area contributed by atoms with E-state index in [1.807, 2.05) is 6.92 Å². The summed E-state index contributed by atoms with van der Waals surface area (Å²) in [5.74, 6) is 1.72. The van der Waals surface area contributed by atoms with Gasteiger partial charge in [0.25, 0.3) is 0 Å². The highest BCUT2D eigenvalue weighted by Gasteiger charge is 2.67. The largest absolute Gasteiger partial charge is 0.393 e. The zero-order chi connectivity index (χ0) is 20.3. The van der Waals surface area contributed by atoms with Crippen LogP contribution >= 0.6 is 0 Å². The van der Waals surface area contributed by atoms with Crippen molar-refractivity contribution in [1.29, 1.82) is 0 Å². The summed E-state index contributed by atoms with van der Waals surface area (Å²) in [5, 5.41) is 30.5. The van der Waals surface area contributed by atoms with Gasteiger partial charge >= 0.3 is 0 Å². The molecule has 8 atom stereocenters. The second kappa shape index (κ2) is 6.69. The predicted molar refractivity (Wildman–Crippen MR) is 112 cm³/mol. The molecule has 0 unspecified atom stereocenters. The monoisotopic (exact) mass is 390 g/mol. The van der Waals surface area contributed by atoms with Gasteiger partial charge in [0, 0.05) is 17.0 Å². The van der Waals surface area contributed by atoms with E-state index in [0.29, 0.717) is 17.8 Å². The molecule has 158 valence electrons. The van der Waals surface area contributed by atoms with Crippen molar-refractivity contribution in [3.8, 4) is 0 Å². The van der Waals surface area contributed by atoms with Crippen LogP contribution in [-0.4, -0.2) is 33.6 Å². The number of aliphatic hydroxyl groups excluding tert-OH is 1. The van der Waals surface area contributed by atoms with Gasteiger partial charge in [-0.05, 0) is 87.9 Å². The fourth-order valence-corrected chi connectivity index (χ4v) is 8.08. The third-order valence-electron chi connectivity index (χ3n) is 9.65. The molecule has 4 fully saturated rings. The number of rotatable bonds is 2. The van der Waals surface area contributed by atoms with E-state index in [4.69, 9.17) is 11.5 Å². The highest BCUT2D eigenvalue weighted by atomic mass is 16.3. The Bertz CT molecular complexity index is 690. The van der Waals surface area contributed by atoms with Crippen LogP contribution in [0.3, 0.4) is 0 Å². The van der Waals surface area contributed by atoms with Gasteiger partial charge in [0.05, 0.1) is 11.7 Å². The molecule has 28 heavy (non-hydrogen) atoms. The molecule has 0 bridgehead atoms. The summed E-state index contributed by atoms with van der Waals surface area (Å²) in [7, 11) is 0. The first-order valence-corrected chi connectivity index (χ1v) is 11.2. The highest BCUT2D eigenvalue weighted by molar-refractivity contribution is 5.86. The third kappa shape index (κ3) is 2.74. The quantitative estimate of drug-likeness (QED) is 0.329. The second-order valence-corrected chi connectivity index (χ2v) is 10.7. The number of guanidine groups is 1. The maximum atomic E-state index is 12.1. The van der Waals surface area contributed by atoms with E-state index < -0.39 is 5.60 Å². The Morgan fingerprint density at radius 3 is 2.39 bits per heavy atom. The first-order chi connectivity index (χ1) is 13.1. The molecule has 0 aromatic carbocycles. The standard InChI is InChI=1S/C22H38N4O2/c1-13(25-26-19(23)24)16-8-11-22(28)18-5-4-14-12-15(27)6-9-20(14,2)17(18)7-10-21(16,22)3/h14-18,27-28H,4-12H2,1-3H3,(H4,23,24,26)/b25-13-/t14-,15+,16-,17+,18-,20+,21-,22+/m1/s1. The molecule has 0 heterocycles. The minimum absolute atomic E-state index is 0.0211. The van der Waals surface area contributed by atoms with Crippen molar-refractivity contribution in [3.05, 3.63) is 0 Å². The molecule has 0 amide bonds. The SMILES string of the molecule is C/C(=N/N=C(N)N)[C@H]1CC[C@]2(O)[C@@H]3CC[C@@H]4C[C@@H](O)CC[C@]4(C)[C@H]3CC[C@]12C. The van der Waals surface area contributed by atoms with Gasteiger partial charge < -0.3 is 21.7 Å². The first kappa shape index (κ1) is 20.1. The van der Waals surface area contributed by atoms with Crippen molar-refractivity contribution in [1.82, 2.24) is 0 Å². The highest BCUT2D eigenvalue weighted by Crippen LogP contribution is 2.69. The Labute approximate surface area is 168 Å². The van der Waals surface area contributed by atoms with Crippen LogP contribution in [0.15, 0.2) is 10.2 Å². The lowest BCUT2D eigenvalue weighted by molar-refractivity contribution is -0.206. The van der Waals surface area contributed by atoms with Crippen LogP contribution in [0.4, 0.5) is 0 Å². The number of aliphatic hydroxyl groups is 2. The Morgan fingerprint density at radius 2 is 1.68 bits per heavy atom. The Balaban J connectivity index is 1.63. The zero-order valence-electron chi connectivity index (χ0n) is 17.7.